The first-order valence-electron chi connectivity index (χ1n) is 6.72. The van der Waals surface area contributed by atoms with E-state index in [0.29, 0.717) is 13.0 Å². The lowest BCUT2D eigenvalue weighted by Gasteiger charge is -2.29. The van der Waals surface area contributed by atoms with Crippen molar-refractivity contribution in [3.05, 3.63) is 35.4 Å². The van der Waals surface area contributed by atoms with E-state index in [4.69, 9.17) is 4.74 Å². The highest BCUT2D eigenvalue weighted by atomic mass is 19.1. The molecule has 0 aromatic heterocycles. The minimum atomic E-state index is -0.606. The Labute approximate surface area is 117 Å². The molecule has 1 heterocycles. The third-order valence-corrected chi connectivity index (χ3v) is 3.20. The molecule has 5 heteroatoms. The Bertz CT molecular complexity index is 511. The summed E-state index contributed by atoms with van der Waals surface area (Å²) in [5, 5.41) is 0. The first-order valence-corrected chi connectivity index (χ1v) is 6.72. The largest absolute Gasteiger partial charge is 0.444 e. The van der Waals surface area contributed by atoms with Crippen LogP contribution in [0.3, 0.4) is 0 Å². The van der Waals surface area contributed by atoms with Gasteiger partial charge in [-0.3, -0.25) is 0 Å². The molecule has 3 nitrogen and oxygen atoms in total. The van der Waals surface area contributed by atoms with Gasteiger partial charge in [-0.1, -0.05) is 0 Å². The minimum absolute atomic E-state index is 0.216. The summed E-state index contributed by atoms with van der Waals surface area (Å²) in [7, 11) is 0. The summed E-state index contributed by atoms with van der Waals surface area (Å²) in [6.07, 6.45) is 0.878. The van der Waals surface area contributed by atoms with Crippen molar-refractivity contribution in [3.63, 3.8) is 0 Å². The Morgan fingerprint density at radius 2 is 2.05 bits per heavy atom. The topological polar surface area (TPSA) is 29.5 Å². The first-order chi connectivity index (χ1) is 9.28. The molecule has 1 amide bonds. The predicted octanol–water partition coefficient (Wildman–Crippen LogP) is 4.04. The Morgan fingerprint density at radius 3 is 2.70 bits per heavy atom. The van der Waals surface area contributed by atoms with Crippen LogP contribution in [0.5, 0.6) is 0 Å². The molecule has 1 fully saturated rings. The monoisotopic (exact) mass is 283 g/mol. The summed E-state index contributed by atoms with van der Waals surface area (Å²) in [5.41, 5.74) is -0.390. The van der Waals surface area contributed by atoms with Gasteiger partial charge in [0.15, 0.2) is 0 Å². The van der Waals surface area contributed by atoms with Gasteiger partial charge >= 0.3 is 6.09 Å². The van der Waals surface area contributed by atoms with Gasteiger partial charge in [-0.2, -0.15) is 0 Å². The third kappa shape index (κ3) is 3.26. The van der Waals surface area contributed by atoms with Gasteiger partial charge in [0, 0.05) is 12.1 Å². The second-order valence-corrected chi connectivity index (χ2v) is 6.00. The van der Waals surface area contributed by atoms with Crippen molar-refractivity contribution in [1.29, 1.82) is 0 Å². The van der Waals surface area contributed by atoms with Gasteiger partial charge in [0.1, 0.15) is 17.2 Å². The summed E-state index contributed by atoms with van der Waals surface area (Å²) in [5.74, 6) is -0.996. The van der Waals surface area contributed by atoms with E-state index in [2.05, 4.69) is 0 Å². The van der Waals surface area contributed by atoms with E-state index in [0.717, 1.165) is 24.6 Å². The number of halogens is 2. The second kappa shape index (κ2) is 5.38. The zero-order valence-corrected chi connectivity index (χ0v) is 12.0. The molecule has 0 bridgehead atoms. The van der Waals surface area contributed by atoms with Crippen LogP contribution >= 0.6 is 0 Å². The molecule has 2 rings (SSSR count). The van der Waals surface area contributed by atoms with Crippen molar-refractivity contribution in [2.45, 2.75) is 45.3 Å². The standard InChI is InChI=1S/C15H19F2NO2/c1-15(2,3)20-14(19)18-8-4-5-13(18)11-9-10(16)6-7-12(11)17/h6-7,9,13H,4-5,8H2,1-3H3/t13-/m1/s1. The summed E-state index contributed by atoms with van der Waals surface area (Å²) >= 11 is 0. The summed E-state index contributed by atoms with van der Waals surface area (Å²) in [6.45, 7) is 5.83. The van der Waals surface area contributed by atoms with Crippen molar-refractivity contribution in [3.8, 4) is 0 Å². The molecule has 0 saturated carbocycles. The molecule has 0 aliphatic carbocycles. The molecule has 0 spiro atoms. The van der Waals surface area contributed by atoms with Crippen molar-refractivity contribution in [2.75, 3.05) is 6.54 Å². The Balaban J connectivity index is 2.23. The van der Waals surface area contributed by atoms with Crippen LogP contribution in [0.4, 0.5) is 13.6 Å². The SMILES string of the molecule is CC(C)(C)OC(=O)N1CCC[C@@H]1c1cc(F)ccc1F. The molecule has 0 radical (unpaired) electrons. The quantitative estimate of drug-likeness (QED) is 0.778. The van der Waals surface area contributed by atoms with Gasteiger partial charge in [0.2, 0.25) is 0 Å². The number of likely N-dealkylation sites (tertiary alicyclic amines) is 1. The number of amides is 1. The van der Waals surface area contributed by atoms with Crippen LogP contribution in [0.15, 0.2) is 18.2 Å². The van der Waals surface area contributed by atoms with E-state index in [1.165, 1.54) is 4.90 Å². The van der Waals surface area contributed by atoms with Crippen molar-refractivity contribution in [2.24, 2.45) is 0 Å². The number of hydrogen-bond donors (Lipinski definition) is 0. The van der Waals surface area contributed by atoms with Crippen molar-refractivity contribution < 1.29 is 18.3 Å². The summed E-state index contributed by atoms with van der Waals surface area (Å²) in [6, 6.07) is 2.87. The van der Waals surface area contributed by atoms with E-state index < -0.39 is 29.4 Å². The molecular formula is C15H19F2NO2. The molecule has 1 aliphatic heterocycles. The van der Waals surface area contributed by atoms with Crippen LogP contribution in [0, 0.1) is 11.6 Å². The molecule has 1 aromatic rings. The zero-order valence-electron chi connectivity index (χ0n) is 12.0. The number of rotatable bonds is 1. The average molecular weight is 283 g/mol. The Kier molecular flexibility index (Phi) is 3.97. The number of ether oxygens (including phenoxy) is 1. The van der Waals surface area contributed by atoms with Gasteiger partial charge < -0.3 is 9.64 Å². The number of carbonyl (C=O) groups excluding carboxylic acids is 1. The molecule has 1 aromatic carbocycles. The van der Waals surface area contributed by atoms with Gasteiger partial charge in [-0.05, 0) is 51.8 Å². The lowest BCUT2D eigenvalue weighted by Crippen LogP contribution is -2.36. The van der Waals surface area contributed by atoms with Gasteiger partial charge in [0.25, 0.3) is 0 Å². The van der Waals surface area contributed by atoms with Crippen LogP contribution < -0.4 is 0 Å². The smallest absolute Gasteiger partial charge is 0.410 e. The average Bonchev–Trinajstić information content (AvgIpc) is 2.79. The normalized spacial score (nSPS) is 19.2. The van der Waals surface area contributed by atoms with E-state index in [-0.39, 0.29) is 5.56 Å². The van der Waals surface area contributed by atoms with E-state index in [9.17, 15) is 13.6 Å². The lowest BCUT2D eigenvalue weighted by molar-refractivity contribution is 0.0222. The molecule has 1 aliphatic rings. The summed E-state index contributed by atoms with van der Waals surface area (Å²) < 4.78 is 32.5. The fourth-order valence-electron chi connectivity index (χ4n) is 2.40. The van der Waals surface area contributed by atoms with E-state index in [1.807, 2.05) is 0 Å². The Hall–Kier alpha value is -1.65. The summed E-state index contributed by atoms with van der Waals surface area (Å²) in [4.78, 5) is 13.6. The zero-order chi connectivity index (χ0) is 14.9. The number of nitrogens with zero attached hydrogens (tertiary/aromatic N) is 1. The Morgan fingerprint density at radius 1 is 1.35 bits per heavy atom. The van der Waals surface area contributed by atoms with Crippen molar-refractivity contribution in [1.82, 2.24) is 4.90 Å². The molecule has 1 atom stereocenters. The van der Waals surface area contributed by atoms with Gasteiger partial charge in [0.05, 0.1) is 6.04 Å². The number of carbonyl (C=O) groups is 1. The highest BCUT2D eigenvalue weighted by Crippen LogP contribution is 2.34. The highest BCUT2D eigenvalue weighted by molar-refractivity contribution is 5.69. The number of benzene rings is 1. The molecule has 110 valence electrons. The minimum Gasteiger partial charge on any atom is -0.444 e. The number of hydrogen-bond acceptors (Lipinski definition) is 2. The molecule has 0 N–H and O–H groups in total. The molecule has 1 saturated heterocycles. The maximum atomic E-state index is 13.9. The van der Waals surface area contributed by atoms with E-state index in [1.54, 1.807) is 20.8 Å². The molecule has 20 heavy (non-hydrogen) atoms. The van der Waals surface area contributed by atoms with E-state index >= 15 is 0 Å². The van der Waals surface area contributed by atoms with Crippen LogP contribution in [0.25, 0.3) is 0 Å². The molecule has 0 unspecified atom stereocenters. The van der Waals surface area contributed by atoms with Crippen LogP contribution in [-0.4, -0.2) is 23.1 Å². The lowest BCUT2D eigenvalue weighted by atomic mass is 10.0. The van der Waals surface area contributed by atoms with Gasteiger partial charge in [-0.15, -0.1) is 0 Å². The highest BCUT2D eigenvalue weighted by Gasteiger charge is 2.34. The third-order valence-electron chi connectivity index (χ3n) is 3.20. The van der Waals surface area contributed by atoms with Crippen LogP contribution in [0.1, 0.15) is 45.2 Å². The maximum absolute atomic E-state index is 13.9. The molecular weight excluding hydrogens is 264 g/mol. The second-order valence-electron chi connectivity index (χ2n) is 6.00. The maximum Gasteiger partial charge on any atom is 0.410 e. The van der Waals surface area contributed by atoms with Gasteiger partial charge in [-0.25, -0.2) is 13.6 Å². The van der Waals surface area contributed by atoms with Crippen LogP contribution in [-0.2, 0) is 4.74 Å². The predicted molar refractivity (Wildman–Crippen MR) is 71.3 cm³/mol. The fourth-order valence-corrected chi connectivity index (χ4v) is 2.40. The first kappa shape index (κ1) is 14.8. The van der Waals surface area contributed by atoms with Crippen molar-refractivity contribution >= 4 is 6.09 Å². The van der Waals surface area contributed by atoms with Crippen LogP contribution in [0.2, 0.25) is 0 Å². The fraction of sp³-hybridized carbons (Fsp3) is 0.533.